The van der Waals surface area contributed by atoms with Crippen molar-refractivity contribution in [3.63, 3.8) is 0 Å². The monoisotopic (exact) mass is 351 g/mol. The lowest BCUT2D eigenvalue weighted by Crippen LogP contribution is -2.38. The van der Waals surface area contributed by atoms with Gasteiger partial charge in [-0.3, -0.25) is 0 Å². The van der Waals surface area contributed by atoms with Crippen LogP contribution in [0.2, 0.25) is 0 Å². The largest absolute Gasteiger partial charge is 0.497 e. The van der Waals surface area contributed by atoms with E-state index in [1.807, 2.05) is 24.3 Å². The van der Waals surface area contributed by atoms with Crippen molar-refractivity contribution in [2.24, 2.45) is 4.99 Å². The Morgan fingerprint density at radius 1 is 1.08 bits per heavy atom. The maximum absolute atomic E-state index is 5.35. The van der Waals surface area contributed by atoms with Crippen LogP contribution in [-0.4, -0.2) is 26.2 Å². The van der Waals surface area contributed by atoms with Crippen LogP contribution in [0.15, 0.2) is 64.2 Å². The van der Waals surface area contributed by atoms with E-state index >= 15 is 0 Å². The number of methoxy groups -OCH3 is 1. The van der Waals surface area contributed by atoms with Crippen LogP contribution in [-0.2, 0) is 13.0 Å². The van der Waals surface area contributed by atoms with Crippen LogP contribution in [0.4, 0.5) is 0 Å². The third kappa shape index (κ3) is 4.79. The number of guanidine groups is 1. The molecule has 1 aromatic heterocycles. The maximum Gasteiger partial charge on any atom is 0.191 e. The molecule has 0 atom stereocenters. The van der Waals surface area contributed by atoms with Crippen molar-refractivity contribution in [2.75, 3.05) is 20.2 Å². The van der Waals surface area contributed by atoms with Crippen LogP contribution >= 0.6 is 0 Å². The summed E-state index contributed by atoms with van der Waals surface area (Å²) in [7, 11) is 1.69. The molecule has 1 heterocycles. The van der Waals surface area contributed by atoms with E-state index < -0.39 is 0 Å². The second kappa shape index (κ2) is 8.94. The quantitative estimate of drug-likeness (QED) is 0.503. The Balaban J connectivity index is 1.63. The van der Waals surface area contributed by atoms with Gasteiger partial charge in [-0.25, -0.2) is 4.99 Å². The molecule has 0 bridgehead atoms. The van der Waals surface area contributed by atoms with Crippen LogP contribution in [0.25, 0.3) is 10.8 Å². The average Bonchev–Trinajstić information content (AvgIpc) is 3.19. The molecule has 0 aliphatic heterocycles. The smallest absolute Gasteiger partial charge is 0.191 e. The van der Waals surface area contributed by atoms with Gasteiger partial charge in [-0.2, -0.15) is 0 Å². The van der Waals surface area contributed by atoms with Gasteiger partial charge in [-0.15, -0.1) is 0 Å². The first kappa shape index (κ1) is 17.9. The molecule has 26 heavy (non-hydrogen) atoms. The Hall–Kier alpha value is -2.95. The molecule has 5 heteroatoms. The zero-order valence-electron chi connectivity index (χ0n) is 15.3. The molecule has 0 fully saturated rings. The standard InChI is InChI=1S/C21H25N3O2/c1-3-22-21(23-11-10-19-5-4-12-26-19)24-15-16-6-7-18-14-20(25-2)9-8-17(18)13-16/h4-9,12-14H,3,10-11,15H2,1-2H3,(H2,22,23,24). The number of ether oxygens (including phenoxy) is 1. The third-order valence-corrected chi connectivity index (χ3v) is 4.12. The first-order valence-corrected chi connectivity index (χ1v) is 8.89. The van der Waals surface area contributed by atoms with E-state index in [9.17, 15) is 0 Å². The van der Waals surface area contributed by atoms with Crippen molar-refractivity contribution in [3.05, 3.63) is 66.1 Å². The van der Waals surface area contributed by atoms with Crippen LogP contribution < -0.4 is 15.4 Å². The number of rotatable bonds is 7. The van der Waals surface area contributed by atoms with Gasteiger partial charge in [0.05, 0.1) is 19.9 Å². The third-order valence-electron chi connectivity index (χ3n) is 4.12. The summed E-state index contributed by atoms with van der Waals surface area (Å²) in [5.74, 6) is 2.66. The molecule has 0 amide bonds. The number of hydrogen-bond donors (Lipinski definition) is 2. The van der Waals surface area contributed by atoms with E-state index in [4.69, 9.17) is 9.15 Å². The Labute approximate surface area is 154 Å². The van der Waals surface area contributed by atoms with Gasteiger partial charge >= 0.3 is 0 Å². The fourth-order valence-electron chi connectivity index (χ4n) is 2.77. The first-order chi connectivity index (χ1) is 12.8. The van der Waals surface area contributed by atoms with Gasteiger partial charge < -0.3 is 19.8 Å². The van der Waals surface area contributed by atoms with Crippen molar-refractivity contribution in [1.82, 2.24) is 10.6 Å². The van der Waals surface area contributed by atoms with E-state index in [1.165, 1.54) is 16.3 Å². The second-order valence-electron chi connectivity index (χ2n) is 6.00. The Morgan fingerprint density at radius 2 is 1.92 bits per heavy atom. The summed E-state index contributed by atoms with van der Waals surface area (Å²) in [5.41, 5.74) is 1.17. The summed E-state index contributed by atoms with van der Waals surface area (Å²) >= 11 is 0. The lowest BCUT2D eigenvalue weighted by atomic mass is 10.1. The summed E-state index contributed by atoms with van der Waals surface area (Å²) in [6.07, 6.45) is 2.53. The van der Waals surface area contributed by atoms with Crippen molar-refractivity contribution in [3.8, 4) is 5.75 Å². The zero-order valence-corrected chi connectivity index (χ0v) is 15.3. The van der Waals surface area contributed by atoms with Crippen molar-refractivity contribution in [2.45, 2.75) is 19.9 Å². The van der Waals surface area contributed by atoms with E-state index in [2.05, 4.69) is 46.8 Å². The normalized spacial score (nSPS) is 11.5. The number of benzene rings is 2. The minimum atomic E-state index is 0.623. The molecule has 2 aromatic carbocycles. The lowest BCUT2D eigenvalue weighted by Gasteiger charge is -2.11. The maximum atomic E-state index is 5.35. The predicted octanol–water partition coefficient (Wildman–Crippen LogP) is 3.74. The van der Waals surface area contributed by atoms with Crippen LogP contribution in [0.1, 0.15) is 18.2 Å². The summed E-state index contributed by atoms with van der Waals surface area (Å²) in [4.78, 5) is 4.68. The fourth-order valence-corrected chi connectivity index (χ4v) is 2.77. The molecule has 0 aliphatic carbocycles. The Morgan fingerprint density at radius 3 is 2.69 bits per heavy atom. The number of nitrogens with zero attached hydrogens (tertiary/aromatic N) is 1. The molecular formula is C21H25N3O2. The molecule has 3 rings (SSSR count). The van der Waals surface area contributed by atoms with Crippen molar-refractivity contribution in [1.29, 1.82) is 0 Å². The van der Waals surface area contributed by atoms with Gasteiger partial charge in [0.1, 0.15) is 11.5 Å². The van der Waals surface area contributed by atoms with Gasteiger partial charge in [0.15, 0.2) is 5.96 Å². The molecule has 0 aliphatic rings. The van der Waals surface area contributed by atoms with Gasteiger partial charge in [-0.05, 0) is 53.6 Å². The molecule has 0 saturated heterocycles. The van der Waals surface area contributed by atoms with Gasteiger partial charge in [0, 0.05) is 19.5 Å². The molecule has 3 aromatic rings. The Bertz CT molecular complexity index is 857. The molecular weight excluding hydrogens is 326 g/mol. The molecule has 0 spiro atoms. The molecule has 0 saturated carbocycles. The number of furan rings is 1. The fraction of sp³-hybridized carbons (Fsp3) is 0.286. The van der Waals surface area contributed by atoms with Gasteiger partial charge in [0.2, 0.25) is 0 Å². The van der Waals surface area contributed by atoms with Gasteiger partial charge in [-0.1, -0.05) is 18.2 Å². The molecule has 2 N–H and O–H groups in total. The summed E-state index contributed by atoms with van der Waals surface area (Å²) < 4.78 is 10.6. The minimum absolute atomic E-state index is 0.623. The lowest BCUT2D eigenvalue weighted by molar-refractivity contribution is 0.415. The van der Waals surface area contributed by atoms with Crippen LogP contribution in [0.5, 0.6) is 5.75 Å². The van der Waals surface area contributed by atoms with Gasteiger partial charge in [0.25, 0.3) is 0 Å². The van der Waals surface area contributed by atoms with Crippen molar-refractivity contribution < 1.29 is 9.15 Å². The minimum Gasteiger partial charge on any atom is -0.497 e. The van der Waals surface area contributed by atoms with E-state index in [0.29, 0.717) is 6.54 Å². The van der Waals surface area contributed by atoms with E-state index in [1.54, 1.807) is 13.4 Å². The second-order valence-corrected chi connectivity index (χ2v) is 6.00. The molecule has 0 unspecified atom stereocenters. The average molecular weight is 351 g/mol. The molecule has 0 radical (unpaired) electrons. The number of nitrogens with one attached hydrogen (secondary N) is 2. The highest BCUT2D eigenvalue weighted by molar-refractivity contribution is 5.84. The Kier molecular flexibility index (Phi) is 6.14. The highest BCUT2D eigenvalue weighted by Gasteiger charge is 2.01. The van der Waals surface area contributed by atoms with Crippen molar-refractivity contribution >= 4 is 16.7 Å². The molecule has 5 nitrogen and oxygen atoms in total. The molecule has 136 valence electrons. The topological polar surface area (TPSA) is 58.8 Å². The van der Waals surface area contributed by atoms with Crippen LogP contribution in [0, 0.1) is 0 Å². The number of aliphatic imine (C=N–C) groups is 1. The summed E-state index contributed by atoms with van der Waals surface area (Å²) in [6, 6.07) is 16.4. The summed E-state index contributed by atoms with van der Waals surface area (Å²) in [5, 5.41) is 8.98. The number of hydrogen-bond acceptors (Lipinski definition) is 3. The van der Waals surface area contributed by atoms with E-state index in [0.717, 1.165) is 37.0 Å². The predicted molar refractivity (Wildman–Crippen MR) is 106 cm³/mol. The SMILES string of the molecule is CCNC(=NCc1ccc2cc(OC)ccc2c1)NCCc1ccco1. The highest BCUT2D eigenvalue weighted by atomic mass is 16.5. The summed E-state index contributed by atoms with van der Waals surface area (Å²) in [6.45, 7) is 4.28. The first-order valence-electron chi connectivity index (χ1n) is 8.89. The van der Waals surface area contributed by atoms with E-state index in [-0.39, 0.29) is 0 Å². The zero-order chi connectivity index (χ0) is 18.2. The van der Waals surface area contributed by atoms with Crippen LogP contribution in [0.3, 0.4) is 0 Å². The highest BCUT2D eigenvalue weighted by Crippen LogP contribution is 2.22. The number of fused-ring (bicyclic) bond motifs is 1.